The lowest BCUT2D eigenvalue weighted by Crippen LogP contribution is -2.38. The zero-order chi connectivity index (χ0) is 13.0. The summed E-state index contributed by atoms with van der Waals surface area (Å²) in [5, 5.41) is 14.5. The Morgan fingerprint density at radius 3 is 3.00 bits per heavy atom. The van der Waals surface area contributed by atoms with Crippen molar-refractivity contribution in [1.29, 1.82) is 0 Å². The van der Waals surface area contributed by atoms with Crippen LogP contribution in [0.2, 0.25) is 0 Å². The van der Waals surface area contributed by atoms with E-state index in [1.807, 2.05) is 11.4 Å². The number of rotatable bonds is 5. The maximum Gasteiger partial charge on any atom is 0.346 e. The zero-order valence-corrected chi connectivity index (χ0v) is 11.6. The number of carbonyl (C=O) groups is 1. The number of carboxylic acid groups (broad SMARTS) is 1. The van der Waals surface area contributed by atoms with Crippen molar-refractivity contribution in [3.63, 3.8) is 0 Å². The predicted molar refractivity (Wildman–Crippen MR) is 74.2 cm³/mol. The highest BCUT2D eigenvalue weighted by atomic mass is 32.1. The van der Waals surface area contributed by atoms with Gasteiger partial charge in [-0.15, -0.1) is 11.3 Å². The van der Waals surface area contributed by atoms with Gasteiger partial charge in [0, 0.05) is 12.6 Å². The molecule has 1 heterocycles. The molecule has 0 aromatic carbocycles. The normalized spacial score (nSPS) is 24.1. The third-order valence-corrected chi connectivity index (χ3v) is 4.87. The SMILES string of the molecule is CCC1CCCCC1NCc1ccsc1C(=O)O. The van der Waals surface area contributed by atoms with Crippen LogP contribution in [0.1, 0.15) is 54.3 Å². The highest BCUT2D eigenvalue weighted by molar-refractivity contribution is 7.12. The fourth-order valence-electron chi connectivity index (χ4n) is 2.87. The average Bonchev–Trinajstić information content (AvgIpc) is 2.85. The molecule has 1 saturated carbocycles. The molecule has 4 heteroatoms. The van der Waals surface area contributed by atoms with Gasteiger partial charge in [0.2, 0.25) is 0 Å². The van der Waals surface area contributed by atoms with Gasteiger partial charge >= 0.3 is 5.97 Å². The Bertz CT molecular complexity index is 402. The van der Waals surface area contributed by atoms with Crippen LogP contribution in [0.4, 0.5) is 0 Å². The maximum atomic E-state index is 11.0. The smallest absolute Gasteiger partial charge is 0.346 e. The van der Waals surface area contributed by atoms with Gasteiger partial charge in [-0.1, -0.05) is 26.2 Å². The van der Waals surface area contributed by atoms with Crippen LogP contribution in [-0.2, 0) is 6.54 Å². The summed E-state index contributed by atoms with van der Waals surface area (Å²) in [4.78, 5) is 11.5. The Kier molecular flexibility index (Phi) is 4.78. The van der Waals surface area contributed by atoms with E-state index in [2.05, 4.69) is 12.2 Å². The third-order valence-electron chi connectivity index (χ3n) is 3.93. The van der Waals surface area contributed by atoms with E-state index in [-0.39, 0.29) is 0 Å². The lowest BCUT2D eigenvalue weighted by Gasteiger charge is -2.31. The molecule has 2 N–H and O–H groups in total. The Morgan fingerprint density at radius 2 is 2.28 bits per heavy atom. The van der Waals surface area contributed by atoms with Crippen molar-refractivity contribution in [3.05, 3.63) is 21.9 Å². The van der Waals surface area contributed by atoms with Crippen LogP contribution in [0.3, 0.4) is 0 Å². The quantitative estimate of drug-likeness (QED) is 0.858. The molecule has 1 aliphatic rings. The van der Waals surface area contributed by atoms with Crippen molar-refractivity contribution in [2.45, 2.75) is 51.6 Å². The summed E-state index contributed by atoms with van der Waals surface area (Å²) in [5.74, 6) is -0.0526. The lowest BCUT2D eigenvalue weighted by atomic mass is 9.83. The van der Waals surface area contributed by atoms with Gasteiger partial charge in [-0.05, 0) is 35.8 Å². The van der Waals surface area contributed by atoms with E-state index in [0.29, 0.717) is 17.5 Å². The molecule has 18 heavy (non-hydrogen) atoms. The first-order valence-electron chi connectivity index (χ1n) is 6.75. The van der Waals surface area contributed by atoms with Crippen LogP contribution in [0.15, 0.2) is 11.4 Å². The summed E-state index contributed by atoms with van der Waals surface area (Å²) in [6.45, 7) is 2.93. The number of hydrogen-bond acceptors (Lipinski definition) is 3. The van der Waals surface area contributed by atoms with E-state index in [0.717, 1.165) is 11.5 Å². The maximum absolute atomic E-state index is 11.0. The van der Waals surface area contributed by atoms with Gasteiger partial charge in [0.15, 0.2) is 0 Å². The minimum atomic E-state index is -0.808. The molecule has 1 aliphatic carbocycles. The van der Waals surface area contributed by atoms with Crippen molar-refractivity contribution in [3.8, 4) is 0 Å². The fraction of sp³-hybridized carbons (Fsp3) is 0.643. The first-order chi connectivity index (χ1) is 8.72. The first kappa shape index (κ1) is 13.6. The lowest BCUT2D eigenvalue weighted by molar-refractivity contribution is 0.0701. The monoisotopic (exact) mass is 267 g/mol. The molecule has 0 radical (unpaired) electrons. The first-order valence-corrected chi connectivity index (χ1v) is 7.63. The number of carboxylic acids is 1. The van der Waals surface area contributed by atoms with Gasteiger partial charge in [-0.2, -0.15) is 0 Å². The van der Waals surface area contributed by atoms with Gasteiger partial charge in [-0.3, -0.25) is 0 Å². The molecular formula is C14H21NO2S. The zero-order valence-electron chi connectivity index (χ0n) is 10.8. The van der Waals surface area contributed by atoms with E-state index in [9.17, 15) is 4.79 Å². The predicted octanol–water partition coefficient (Wildman–Crippen LogP) is 3.50. The summed E-state index contributed by atoms with van der Waals surface area (Å²) in [6.07, 6.45) is 6.39. The van der Waals surface area contributed by atoms with E-state index < -0.39 is 5.97 Å². The second-order valence-electron chi connectivity index (χ2n) is 5.02. The molecule has 2 unspecified atom stereocenters. The summed E-state index contributed by atoms with van der Waals surface area (Å²) in [5.41, 5.74) is 0.924. The largest absolute Gasteiger partial charge is 0.477 e. The summed E-state index contributed by atoms with van der Waals surface area (Å²) >= 11 is 1.31. The number of nitrogens with one attached hydrogen (secondary N) is 1. The van der Waals surface area contributed by atoms with Crippen LogP contribution in [0.25, 0.3) is 0 Å². The molecular weight excluding hydrogens is 246 g/mol. The molecule has 1 aromatic heterocycles. The molecule has 100 valence electrons. The molecule has 1 aromatic rings. The average molecular weight is 267 g/mol. The van der Waals surface area contributed by atoms with Gasteiger partial charge in [0.25, 0.3) is 0 Å². The molecule has 2 rings (SSSR count). The van der Waals surface area contributed by atoms with Crippen molar-refractivity contribution < 1.29 is 9.90 Å². The van der Waals surface area contributed by atoms with Crippen molar-refractivity contribution in [2.24, 2.45) is 5.92 Å². The molecule has 1 fully saturated rings. The van der Waals surface area contributed by atoms with Gasteiger partial charge in [-0.25, -0.2) is 4.79 Å². The highest BCUT2D eigenvalue weighted by Gasteiger charge is 2.23. The van der Waals surface area contributed by atoms with Crippen LogP contribution < -0.4 is 5.32 Å². The van der Waals surface area contributed by atoms with Crippen molar-refractivity contribution >= 4 is 17.3 Å². The minimum absolute atomic E-state index is 0.478. The Balaban J connectivity index is 1.93. The molecule has 0 amide bonds. The van der Waals surface area contributed by atoms with Gasteiger partial charge in [0.1, 0.15) is 4.88 Å². The molecule has 0 spiro atoms. The number of hydrogen-bond donors (Lipinski definition) is 2. The van der Waals surface area contributed by atoms with E-state index in [4.69, 9.17) is 5.11 Å². The summed E-state index contributed by atoms with van der Waals surface area (Å²) in [6, 6.07) is 2.48. The van der Waals surface area contributed by atoms with Crippen LogP contribution in [0, 0.1) is 5.92 Å². The minimum Gasteiger partial charge on any atom is -0.477 e. The Morgan fingerprint density at radius 1 is 1.50 bits per heavy atom. The summed E-state index contributed by atoms with van der Waals surface area (Å²) in [7, 11) is 0. The second kappa shape index (κ2) is 6.34. The molecule has 0 aliphatic heterocycles. The number of thiophene rings is 1. The van der Waals surface area contributed by atoms with Crippen LogP contribution in [-0.4, -0.2) is 17.1 Å². The van der Waals surface area contributed by atoms with Crippen LogP contribution >= 0.6 is 11.3 Å². The van der Waals surface area contributed by atoms with Gasteiger partial charge in [0.05, 0.1) is 0 Å². The van der Waals surface area contributed by atoms with E-state index in [1.165, 1.54) is 43.4 Å². The molecule has 3 nitrogen and oxygen atoms in total. The highest BCUT2D eigenvalue weighted by Crippen LogP contribution is 2.27. The molecule has 2 atom stereocenters. The Hall–Kier alpha value is -0.870. The summed E-state index contributed by atoms with van der Waals surface area (Å²) < 4.78 is 0. The Labute approximate surface area is 112 Å². The fourth-order valence-corrected chi connectivity index (χ4v) is 3.63. The second-order valence-corrected chi connectivity index (χ2v) is 5.94. The van der Waals surface area contributed by atoms with Crippen molar-refractivity contribution in [1.82, 2.24) is 5.32 Å². The van der Waals surface area contributed by atoms with Crippen molar-refractivity contribution in [2.75, 3.05) is 0 Å². The molecule has 0 bridgehead atoms. The van der Waals surface area contributed by atoms with Crippen LogP contribution in [0.5, 0.6) is 0 Å². The number of aromatic carboxylic acids is 1. The molecule has 0 saturated heterocycles. The van der Waals surface area contributed by atoms with E-state index >= 15 is 0 Å². The van der Waals surface area contributed by atoms with Gasteiger partial charge < -0.3 is 10.4 Å². The third kappa shape index (κ3) is 3.12. The standard InChI is InChI=1S/C14H21NO2S/c1-2-10-5-3-4-6-12(10)15-9-11-7-8-18-13(11)14(16)17/h7-8,10,12,15H,2-6,9H2,1H3,(H,16,17). The van der Waals surface area contributed by atoms with E-state index in [1.54, 1.807) is 0 Å². The topological polar surface area (TPSA) is 49.3 Å².